The van der Waals surface area contributed by atoms with Crippen molar-refractivity contribution in [1.82, 2.24) is 0 Å². The van der Waals surface area contributed by atoms with Gasteiger partial charge in [-0.15, -0.1) is 0 Å². The molecule has 0 aromatic rings. The van der Waals surface area contributed by atoms with Crippen LogP contribution in [-0.4, -0.2) is 110 Å². The number of hydrogen-bond acceptors (Lipinski definition) is 0. The van der Waals surface area contributed by atoms with E-state index in [2.05, 4.69) is 0 Å². The monoisotopic (exact) mass is 146 g/mol. The summed E-state index contributed by atoms with van der Waals surface area (Å²) in [6.45, 7) is 0. The van der Waals surface area contributed by atoms with E-state index in [1.54, 1.807) is 0 Å². The van der Waals surface area contributed by atoms with Gasteiger partial charge in [-0.1, -0.05) is 0 Å². The fraction of sp³-hybridized carbons (Fsp3) is 0. The van der Waals surface area contributed by atoms with Crippen molar-refractivity contribution in [3.63, 3.8) is 0 Å². The SMILES string of the molecule is FB(F)F.[K].[K]. The van der Waals surface area contributed by atoms with Crippen LogP contribution in [0.1, 0.15) is 0 Å². The van der Waals surface area contributed by atoms with Crippen molar-refractivity contribution in [1.29, 1.82) is 0 Å². The molecule has 0 saturated carbocycles. The Labute approximate surface area is 120 Å². The summed E-state index contributed by atoms with van der Waals surface area (Å²) < 4.78 is 29.0. The second kappa shape index (κ2) is 11.0. The van der Waals surface area contributed by atoms with E-state index in [9.17, 15) is 12.9 Å². The fourth-order valence-electron chi connectivity index (χ4n) is 0. The second-order valence-electron chi connectivity index (χ2n) is 0.247. The van der Waals surface area contributed by atoms with E-state index < -0.39 is 7.54 Å². The average molecular weight is 146 g/mol. The van der Waals surface area contributed by atoms with E-state index in [0.717, 1.165) is 0 Å². The molecule has 0 saturated heterocycles. The van der Waals surface area contributed by atoms with Crippen LogP contribution in [0.15, 0.2) is 0 Å². The third kappa shape index (κ3) is 27.4. The number of hydrogen-bond donors (Lipinski definition) is 0. The Morgan fingerprint density at radius 1 is 0.833 bits per heavy atom. The van der Waals surface area contributed by atoms with Gasteiger partial charge in [-0.25, -0.2) is 0 Å². The molecule has 0 aliphatic rings. The van der Waals surface area contributed by atoms with Gasteiger partial charge in [0.25, 0.3) is 0 Å². The van der Waals surface area contributed by atoms with Crippen LogP contribution in [-0.2, 0) is 0 Å². The zero-order valence-electron chi connectivity index (χ0n) is 3.71. The van der Waals surface area contributed by atoms with E-state index in [1.165, 1.54) is 0 Å². The first-order chi connectivity index (χ1) is 1.73. The molecular weight excluding hydrogens is 146 g/mol. The largest absolute Gasteiger partial charge is 0.762 e. The standard InChI is InChI=1S/BF3.2K/c2-1(3)4;;. The average Bonchev–Trinajstić information content (AvgIpc) is 0.811. The normalized spacial score (nSPS) is 4.50. The van der Waals surface area contributed by atoms with E-state index in [-0.39, 0.29) is 103 Å². The van der Waals surface area contributed by atoms with E-state index in [0.29, 0.717) is 0 Å². The van der Waals surface area contributed by atoms with E-state index in [1.807, 2.05) is 0 Å². The van der Waals surface area contributed by atoms with Gasteiger partial charge in [0.15, 0.2) is 0 Å². The van der Waals surface area contributed by atoms with Gasteiger partial charge in [0.1, 0.15) is 0 Å². The van der Waals surface area contributed by atoms with Crippen LogP contribution in [0.2, 0.25) is 0 Å². The molecule has 0 aliphatic carbocycles. The summed E-state index contributed by atoms with van der Waals surface area (Å²) in [6, 6.07) is 0. The zero-order valence-corrected chi connectivity index (χ0v) is 9.96. The molecule has 0 aromatic carbocycles. The molecule has 0 nitrogen and oxygen atoms in total. The molecule has 6 heteroatoms. The molecule has 26 valence electrons. The predicted molar refractivity (Wildman–Crippen MR) is 20.6 cm³/mol. The van der Waals surface area contributed by atoms with Gasteiger partial charge in [0.05, 0.1) is 0 Å². The Balaban J connectivity index is -0.0000000450. The molecule has 0 atom stereocenters. The molecule has 0 amide bonds. The number of rotatable bonds is 0. The first kappa shape index (κ1) is 16.1. The van der Waals surface area contributed by atoms with Crippen molar-refractivity contribution in [2.45, 2.75) is 0 Å². The van der Waals surface area contributed by atoms with Gasteiger partial charge in [0.2, 0.25) is 0 Å². The minimum Gasteiger partial charge on any atom is -0.254 e. The maximum absolute atomic E-state index is 9.67. The Bertz CT molecular complexity index is 13.5. The summed E-state index contributed by atoms with van der Waals surface area (Å²) in [7, 11) is -3.67. The van der Waals surface area contributed by atoms with Crippen LogP contribution in [0.3, 0.4) is 0 Å². The van der Waals surface area contributed by atoms with Gasteiger partial charge < -0.3 is 0 Å². The van der Waals surface area contributed by atoms with E-state index in [4.69, 9.17) is 0 Å². The summed E-state index contributed by atoms with van der Waals surface area (Å²) in [6.07, 6.45) is 0. The van der Waals surface area contributed by atoms with E-state index >= 15 is 0 Å². The maximum atomic E-state index is 9.67. The van der Waals surface area contributed by atoms with Crippen molar-refractivity contribution in [3.05, 3.63) is 0 Å². The molecule has 0 unspecified atom stereocenters. The summed E-state index contributed by atoms with van der Waals surface area (Å²) in [5.41, 5.74) is 0. The van der Waals surface area contributed by atoms with Crippen molar-refractivity contribution in [3.8, 4) is 0 Å². The summed E-state index contributed by atoms with van der Waals surface area (Å²) in [4.78, 5) is 0. The molecule has 6 heavy (non-hydrogen) atoms. The molecule has 0 aromatic heterocycles. The van der Waals surface area contributed by atoms with Crippen LogP contribution in [0.4, 0.5) is 12.9 Å². The Morgan fingerprint density at radius 3 is 0.833 bits per heavy atom. The molecular formula is BF3K2. The van der Waals surface area contributed by atoms with Crippen molar-refractivity contribution < 1.29 is 12.9 Å². The molecule has 0 fully saturated rings. The maximum Gasteiger partial charge on any atom is 0.762 e. The molecule has 0 aliphatic heterocycles. The minimum absolute atomic E-state index is 0. The topological polar surface area (TPSA) is 0 Å². The Morgan fingerprint density at radius 2 is 0.833 bits per heavy atom. The van der Waals surface area contributed by atoms with Gasteiger partial charge in [0, 0.05) is 103 Å². The minimum atomic E-state index is -3.67. The van der Waals surface area contributed by atoms with Crippen molar-refractivity contribution >= 4 is 110 Å². The molecule has 0 spiro atoms. The van der Waals surface area contributed by atoms with Crippen LogP contribution in [0.25, 0.3) is 0 Å². The molecule has 2 radical (unpaired) electrons. The summed E-state index contributed by atoms with van der Waals surface area (Å²) in [5, 5.41) is 0. The van der Waals surface area contributed by atoms with Crippen molar-refractivity contribution in [2.75, 3.05) is 0 Å². The van der Waals surface area contributed by atoms with Crippen LogP contribution < -0.4 is 0 Å². The molecule has 0 bridgehead atoms. The fourth-order valence-corrected chi connectivity index (χ4v) is 0. The smallest absolute Gasteiger partial charge is 0.254 e. The third-order valence-electron chi connectivity index (χ3n) is 0. The van der Waals surface area contributed by atoms with Gasteiger partial charge in [-0.05, 0) is 0 Å². The van der Waals surface area contributed by atoms with Crippen LogP contribution in [0.5, 0.6) is 0 Å². The summed E-state index contributed by atoms with van der Waals surface area (Å²) in [5.74, 6) is 0. The third-order valence-corrected chi connectivity index (χ3v) is 0. The van der Waals surface area contributed by atoms with Gasteiger partial charge >= 0.3 is 7.54 Å². The molecule has 0 heterocycles. The second-order valence-corrected chi connectivity index (χ2v) is 0.247. The first-order valence-electron chi connectivity index (χ1n) is 0.655. The van der Waals surface area contributed by atoms with Gasteiger partial charge in [-0.3, -0.25) is 12.9 Å². The first-order valence-corrected chi connectivity index (χ1v) is 0.655. The summed E-state index contributed by atoms with van der Waals surface area (Å²) >= 11 is 0. The van der Waals surface area contributed by atoms with Crippen LogP contribution >= 0.6 is 0 Å². The van der Waals surface area contributed by atoms with Crippen molar-refractivity contribution in [2.24, 2.45) is 0 Å². The zero-order chi connectivity index (χ0) is 3.58. The Hall–Kier alpha value is 3.13. The number of halogens is 3. The quantitative estimate of drug-likeness (QED) is 0.426. The molecule has 0 rings (SSSR count). The Kier molecular flexibility index (Phi) is 29.4. The van der Waals surface area contributed by atoms with Gasteiger partial charge in [-0.2, -0.15) is 0 Å². The van der Waals surface area contributed by atoms with Crippen LogP contribution in [0, 0.1) is 0 Å². The molecule has 0 N–H and O–H groups in total. The predicted octanol–water partition coefficient (Wildman–Crippen LogP) is 0.118.